The number of carbonyl (C=O) groups excluding carboxylic acids is 2. The van der Waals surface area contributed by atoms with E-state index in [0.29, 0.717) is 25.9 Å². The SMILES string of the molecule is C=CCN(CC=C)C(=O)CCCCCC.C=CCNCC=C.CCCCCCC(=O)Cl. The molecule has 0 heterocycles. The molecule has 1 amide bonds. The molecule has 0 bridgehead atoms. The Morgan fingerprint density at radius 3 is 1.55 bits per heavy atom. The first kappa shape index (κ1) is 34.0. The first-order chi connectivity index (χ1) is 14.9. The molecule has 31 heavy (non-hydrogen) atoms. The molecule has 0 rings (SSSR count). The van der Waals surface area contributed by atoms with E-state index in [4.69, 9.17) is 11.6 Å². The molecule has 0 aromatic heterocycles. The molecule has 180 valence electrons. The minimum atomic E-state index is -0.203. The number of rotatable bonds is 18. The predicted molar refractivity (Wildman–Crippen MR) is 139 cm³/mol. The monoisotopic (exact) mass is 454 g/mol. The number of nitrogens with zero attached hydrogens (tertiary/aromatic N) is 1. The summed E-state index contributed by atoms with van der Waals surface area (Å²) in [5, 5.41) is 2.85. The van der Waals surface area contributed by atoms with E-state index >= 15 is 0 Å². The fourth-order valence-corrected chi connectivity index (χ4v) is 2.56. The molecular weight excluding hydrogens is 408 g/mol. The molecular formula is C26H47ClN2O2. The van der Waals surface area contributed by atoms with Gasteiger partial charge in [-0.3, -0.25) is 9.59 Å². The van der Waals surface area contributed by atoms with Crippen LogP contribution in [-0.4, -0.2) is 42.2 Å². The van der Waals surface area contributed by atoms with Crippen LogP contribution in [0.4, 0.5) is 0 Å². The Morgan fingerprint density at radius 2 is 1.19 bits per heavy atom. The third-order valence-electron chi connectivity index (χ3n) is 4.10. The highest BCUT2D eigenvalue weighted by Crippen LogP contribution is 2.05. The summed E-state index contributed by atoms with van der Waals surface area (Å²) in [5.74, 6) is 0.214. The van der Waals surface area contributed by atoms with Gasteiger partial charge in [0.05, 0.1) is 0 Å². The first-order valence-electron chi connectivity index (χ1n) is 11.5. The summed E-state index contributed by atoms with van der Waals surface area (Å²) < 4.78 is 0. The van der Waals surface area contributed by atoms with Crippen molar-refractivity contribution in [1.82, 2.24) is 10.2 Å². The second-order valence-corrected chi connectivity index (χ2v) is 7.51. The van der Waals surface area contributed by atoms with E-state index < -0.39 is 0 Å². The van der Waals surface area contributed by atoms with E-state index in [1.54, 1.807) is 17.1 Å². The van der Waals surface area contributed by atoms with Crippen molar-refractivity contribution in [2.75, 3.05) is 26.2 Å². The Morgan fingerprint density at radius 1 is 0.742 bits per heavy atom. The molecule has 0 unspecified atom stereocenters. The summed E-state index contributed by atoms with van der Waals surface area (Å²) in [4.78, 5) is 23.7. The van der Waals surface area contributed by atoms with Crippen molar-refractivity contribution in [3.05, 3.63) is 50.6 Å². The second kappa shape index (κ2) is 30.5. The zero-order valence-corrected chi connectivity index (χ0v) is 20.9. The highest BCUT2D eigenvalue weighted by atomic mass is 35.5. The van der Waals surface area contributed by atoms with Gasteiger partial charge in [-0.15, -0.1) is 26.3 Å². The maximum absolute atomic E-state index is 11.7. The molecule has 0 fully saturated rings. The number of hydrogen-bond donors (Lipinski definition) is 1. The molecule has 0 saturated carbocycles. The van der Waals surface area contributed by atoms with E-state index in [-0.39, 0.29) is 11.1 Å². The Bertz CT molecular complexity index is 446. The van der Waals surface area contributed by atoms with Crippen molar-refractivity contribution < 1.29 is 9.59 Å². The van der Waals surface area contributed by atoms with Crippen LogP contribution in [0.1, 0.15) is 78.1 Å². The van der Waals surface area contributed by atoms with Gasteiger partial charge in [0.2, 0.25) is 11.1 Å². The van der Waals surface area contributed by atoms with E-state index in [9.17, 15) is 9.59 Å². The van der Waals surface area contributed by atoms with Gasteiger partial charge in [0.25, 0.3) is 0 Å². The standard InChI is InChI=1S/C13H23NO.C7H13ClO.C6H11N/c1-4-7-8-9-10-13(15)14(11-5-2)12-6-3;1-2-3-4-5-6-7(8)9;1-3-5-7-6-4-2/h5-6H,2-4,7-12H2,1H3;2-6H2,1H3;3-4,7H,1-2,5-6H2. The summed E-state index contributed by atoms with van der Waals surface area (Å²) >= 11 is 5.12. The minimum absolute atomic E-state index is 0.203. The molecule has 0 aliphatic carbocycles. The highest BCUT2D eigenvalue weighted by Gasteiger charge is 2.09. The van der Waals surface area contributed by atoms with Crippen molar-refractivity contribution in [2.45, 2.75) is 78.1 Å². The van der Waals surface area contributed by atoms with Crippen LogP contribution < -0.4 is 5.32 Å². The van der Waals surface area contributed by atoms with Crippen LogP contribution in [-0.2, 0) is 9.59 Å². The summed E-state index contributed by atoms with van der Waals surface area (Å²) in [6.07, 6.45) is 17.4. The Hall–Kier alpha value is -1.65. The summed E-state index contributed by atoms with van der Waals surface area (Å²) in [7, 11) is 0. The predicted octanol–water partition coefficient (Wildman–Crippen LogP) is 6.83. The Labute approximate surface area is 197 Å². The number of amides is 1. The molecule has 5 heteroatoms. The maximum Gasteiger partial charge on any atom is 0.223 e. The Balaban J connectivity index is -0.000000417. The summed E-state index contributed by atoms with van der Waals surface area (Å²) in [6, 6.07) is 0. The van der Waals surface area contributed by atoms with Gasteiger partial charge < -0.3 is 10.2 Å². The molecule has 0 aliphatic rings. The van der Waals surface area contributed by atoms with Gasteiger partial charge in [-0.1, -0.05) is 76.7 Å². The quantitative estimate of drug-likeness (QED) is 0.140. The molecule has 0 saturated heterocycles. The number of unbranched alkanes of at least 4 members (excludes halogenated alkanes) is 6. The smallest absolute Gasteiger partial charge is 0.223 e. The molecule has 1 N–H and O–H groups in total. The van der Waals surface area contributed by atoms with Gasteiger partial charge in [-0.05, 0) is 24.4 Å². The molecule has 0 aromatic rings. The summed E-state index contributed by atoms with van der Waals surface area (Å²) in [6.45, 7) is 21.7. The molecule has 0 spiro atoms. The van der Waals surface area contributed by atoms with Crippen molar-refractivity contribution in [3.8, 4) is 0 Å². The van der Waals surface area contributed by atoms with Crippen molar-refractivity contribution in [2.24, 2.45) is 0 Å². The van der Waals surface area contributed by atoms with Gasteiger partial charge in [-0.2, -0.15) is 0 Å². The Kier molecular flexibility index (Phi) is 33.5. The lowest BCUT2D eigenvalue weighted by Crippen LogP contribution is -2.30. The average molecular weight is 455 g/mol. The summed E-state index contributed by atoms with van der Waals surface area (Å²) in [5.41, 5.74) is 0. The van der Waals surface area contributed by atoms with Gasteiger partial charge >= 0.3 is 0 Å². The van der Waals surface area contributed by atoms with Crippen LogP contribution in [0.3, 0.4) is 0 Å². The number of carbonyl (C=O) groups is 2. The second-order valence-electron chi connectivity index (χ2n) is 7.09. The number of halogens is 1. The lowest BCUT2D eigenvalue weighted by molar-refractivity contribution is -0.130. The third-order valence-corrected chi connectivity index (χ3v) is 4.29. The van der Waals surface area contributed by atoms with Crippen molar-refractivity contribution >= 4 is 22.8 Å². The largest absolute Gasteiger partial charge is 0.335 e. The van der Waals surface area contributed by atoms with Gasteiger partial charge in [0, 0.05) is 39.0 Å². The normalized spacial score (nSPS) is 9.26. The van der Waals surface area contributed by atoms with Crippen LogP contribution in [0.25, 0.3) is 0 Å². The molecule has 0 aromatic carbocycles. The lowest BCUT2D eigenvalue weighted by Gasteiger charge is -2.19. The van der Waals surface area contributed by atoms with Crippen LogP contribution in [0.15, 0.2) is 50.6 Å². The van der Waals surface area contributed by atoms with Gasteiger partial charge in [0.1, 0.15) is 0 Å². The molecule has 4 nitrogen and oxygen atoms in total. The van der Waals surface area contributed by atoms with Crippen LogP contribution in [0, 0.1) is 0 Å². The van der Waals surface area contributed by atoms with Crippen molar-refractivity contribution in [3.63, 3.8) is 0 Å². The highest BCUT2D eigenvalue weighted by molar-refractivity contribution is 6.63. The first-order valence-corrected chi connectivity index (χ1v) is 11.9. The van der Waals surface area contributed by atoms with E-state index in [1.165, 1.54) is 25.7 Å². The van der Waals surface area contributed by atoms with Crippen molar-refractivity contribution in [1.29, 1.82) is 0 Å². The fourth-order valence-electron chi connectivity index (χ4n) is 2.43. The molecule has 0 aliphatic heterocycles. The van der Waals surface area contributed by atoms with E-state index in [1.807, 2.05) is 12.2 Å². The maximum atomic E-state index is 11.7. The van der Waals surface area contributed by atoms with Gasteiger partial charge in [0.15, 0.2) is 0 Å². The fraction of sp³-hybridized carbons (Fsp3) is 0.615. The van der Waals surface area contributed by atoms with Crippen LogP contribution in [0.5, 0.6) is 0 Å². The van der Waals surface area contributed by atoms with Crippen LogP contribution >= 0.6 is 11.6 Å². The minimum Gasteiger partial charge on any atom is -0.335 e. The topological polar surface area (TPSA) is 49.4 Å². The third kappa shape index (κ3) is 33.2. The van der Waals surface area contributed by atoms with Gasteiger partial charge in [-0.25, -0.2) is 0 Å². The zero-order valence-electron chi connectivity index (χ0n) is 20.2. The molecule has 0 radical (unpaired) electrons. The lowest BCUT2D eigenvalue weighted by atomic mass is 10.1. The number of hydrogen-bond acceptors (Lipinski definition) is 3. The van der Waals surface area contributed by atoms with Crippen LogP contribution in [0.2, 0.25) is 0 Å². The van der Waals surface area contributed by atoms with E-state index in [0.717, 1.165) is 38.8 Å². The average Bonchev–Trinajstić information content (AvgIpc) is 2.75. The number of nitrogens with one attached hydrogen (secondary N) is 1. The zero-order chi connectivity index (χ0) is 24.2. The molecule has 0 atom stereocenters. The van der Waals surface area contributed by atoms with E-state index in [2.05, 4.69) is 45.5 Å².